The molecule has 1 N–H and O–H groups in total. The molecule has 7 nitrogen and oxygen atoms in total. The van der Waals surface area contributed by atoms with Crippen molar-refractivity contribution < 1.29 is 19.6 Å². The standard InChI is InChI=1S/C13H16N2O5/c16-13(17)12-9-20-8-7-14(12)6-5-10-1-3-11(4-2-10)15(18)19/h1-4,12H,5-9H2,(H,16,17). The summed E-state index contributed by atoms with van der Waals surface area (Å²) in [6, 6.07) is 5.72. The summed E-state index contributed by atoms with van der Waals surface area (Å²) in [5, 5.41) is 19.7. The topological polar surface area (TPSA) is 92.9 Å². The van der Waals surface area contributed by atoms with Crippen LogP contribution in [0.25, 0.3) is 0 Å². The monoisotopic (exact) mass is 280 g/mol. The maximum atomic E-state index is 11.1. The number of carboxylic acid groups (broad SMARTS) is 1. The summed E-state index contributed by atoms with van der Waals surface area (Å²) in [5.41, 5.74) is 1.01. The minimum absolute atomic E-state index is 0.0588. The van der Waals surface area contributed by atoms with E-state index in [1.165, 1.54) is 12.1 Å². The van der Waals surface area contributed by atoms with Crippen LogP contribution in [0.15, 0.2) is 24.3 Å². The highest BCUT2D eigenvalue weighted by atomic mass is 16.6. The zero-order valence-corrected chi connectivity index (χ0v) is 10.9. The van der Waals surface area contributed by atoms with E-state index in [4.69, 9.17) is 9.84 Å². The number of hydrogen-bond donors (Lipinski definition) is 1. The summed E-state index contributed by atoms with van der Waals surface area (Å²) in [6.07, 6.45) is 0.655. The smallest absolute Gasteiger partial charge is 0.323 e. The first-order valence-corrected chi connectivity index (χ1v) is 6.36. The molecule has 1 unspecified atom stereocenters. The lowest BCUT2D eigenvalue weighted by Gasteiger charge is -2.32. The van der Waals surface area contributed by atoms with E-state index in [-0.39, 0.29) is 12.3 Å². The van der Waals surface area contributed by atoms with Gasteiger partial charge in [-0.2, -0.15) is 0 Å². The number of benzene rings is 1. The molecule has 1 atom stereocenters. The molecule has 0 radical (unpaired) electrons. The maximum absolute atomic E-state index is 11.1. The highest BCUT2D eigenvalue weighted by Gasteiger charge is 2.28. The molecular formula is C13H16N2O5. The van der Waals surface area contributed by atoms with Crippen molar-refractivity contribution >= 4 is 11.7 Å². The van der Waals surface area contributed by atoms with E-state index in [1.807, 2.05) is 4.90 Å². The van der Waals surface area contributed by atoms with Crippen LogP contribution < -0.4 is 0 Å². The van der Waals surface area contributed by atoms with Gasteiger partial charge in [0.1, 0.15) is 6.04 Å². The zero-order chi connectivity index (χ0) is 14.5. The first-order valence-electron chi connectivity index (χ1n) is 6.36. The molecule has 1 aliphatic rings. The van der Waals surface area contributed by atoms with Crippen LogP contribution in [-0.4, -0.2) is 53.2 Å². The van der Waals surface area contributed by atoms with Gasteiger partial charge in [0.25, 0.3) is 5.69 Å². The average molecular weight is 280 g/mol. The van der Waals surface area contributed by atoms with Gasteiger partial charge in [0.15, 0.2) is 0 Å². The minimum atomic E-state index is -0.881. The van der Waals surface area contributed by atoms with Crippen LogP contribution in [0.5, 0.6) is 0 Å². The maximum Gasteiger partial charge on any atom is 0.323 e. The second-order valence-corrected chi connectivity index (χ2v) is 4.64. The Hall–Kier alpha value is -1.99. The Kier molecular flexibility index (Phi) is 4.65. The van der Waals surface area contributed by atoms with E-state index in [1.54, 1.807) is 12.1 Å². The fraction of sp³-hybridized carbons (Fsp3) is 0.462. The molecule has 20 heavy (non-hydrogen) atoms. The van der Waals surface area contributed by atoms with E-state index in [0.29, 0.717) is 26.1 Å². The number of carbonyl (C=O) groups is 1. The molecule has 1 fully saturated rings. The molecule has 1 aliphatic heterocycles. The number of carboxylic acids is 1. The predicted octanol–water partition coefficient (Wildman–Crippen LogP) is 0.923. The molecule has 0 aromatic heterocycles. The van der Waals surface area contributed by atoms with Gasteiger partial charge >= 0.3 is 5.97 Å². The van der Waals surface area contributed by atoms with E-state index in [2.05, 4.69) is 0 Å². The van der Waals surface area contributed by atoms with Crippen LogP contribution in [0.3, 0.4) is 0 Å². The van der Waals surface area contributed by atoms with Crippen molar-refractivity contribution in [1.29, 1.82) is 0 Å². The van der Waals surface area contributed by atoms with Crippen molar-refractivity contribution in [3.8, 4) is 0 Å². The number of nitro groups is 1. The first kappa shape index (κ1) is 14.4. The third kappa shape index (κ3) is 3.52. The Bertz CT molecular complexity index is 488. The largest absolute Gasteiger partial charge is 0.480 e. The summed E-state index contributed by atoms with van der Waals surface area (Å²) in [7, 11) is 0. The summed E-state index contributed by atoms with van der Waals surface area (Å²) < 4.78 is 5.17. The molecule has 0 bridgehead atoms. The number of morpholine rings is 1. The van der Waals surface area contributed by atoms with Crippen molar-refractivity contribution in [2.24, 2.45) is 0 Å². The number of non-ortho nitro benzene ring substituents is 1. The molecule has 0 aliphatic carbocycles. The molecule has 1 saturated heterocycles. The summed E-state index contributed by atoms with van der Waals surface area (Å²) >= 11 is 0. The molecule has 1 heterocycles. The van der Waals surface area contributed by atoms with Crippen LogP contribution in [0.4, 0.5) is 5.69 Å². The van der Waals surface area contributed by atoms with Crippen LogP contribution in [0.1, 0.15) is 5.56 Å². The van der Waals surface area contributed by atoms with Crippen molar-refractivity contribution in [3.05, 3.63) is 39.9 Å². The van der Waals surface area contributed by atoms with Gasteiger partial charge in [-0.15, -0.1) is 0 Å². The van der Waals surface area contributed by atoms with Crippen LogP contribution in [-0.2, 0) is 16.0 Å². The zero-order valence-electron chi connectivity index (χ0n) is 10.9. The Morgan fingerprint density at radius 2 is 2.15 bits per heavy atom. The lowest BCUT2D eigenvalue weighted by atomic mass is 10.1. The van der Waals surface area contributed by atoms with Gasteiger partial charge in [0.2, 0.25) is 0 Å². The van der Waals surface area contributed by atoms with E-state index in [0.717, 1.165) is 5.56 Å². The van der Waals surface area contributed by atoms with Crippen LogP contribution in [0, 0.1) is 10.1 Å². The summed E-state index contributed by atoms with van der Waals surface area (Å²) in [4.78, 5) is 23.1. The number of ether oxygens (including phenoxy) is 1. The molecular weight excluding hydrogens is 264 g/mol. The average Bonchev–Trinajstić information content (AvgIpc) is 2.45. The number of aliphatic carboxylic acids is 1. The Labute approximate surface area is 115 Å². The van der Waals surface area contributed by atoms with Crippen molar-refractivity contribution in [3.63, 3.8) is 0 Å². The summed E-state index contributed by atoms with van der Waals surface area (Å²) in [5.74, 6) is -0.881. The Morgan fingerprint density at radius 1 is 1.45 bits per heavy atom. The van der Waals surface area contributed by atoms with Crippen molar-refractivity contribution in [1.82, 2.24) is 4.90 Å². The van der Waals surface area contributed by atoms with Crippen LogP contribution in [0.2, 0.25) is 0 Å². The summed E-state index contributed by atoms with van der Waals surface area (Å²) in [6.45, 7) is 1.92. The molecule has 2 rings (SSSR count). The SMILES string of the molecule is O=C(O)C1COCCN1CCc1ccc([N+](=O)[O-])cc1. The quantitative estimate of drug-likeness (QED) is 0.637. The molecule has 0 spiro atoms. The molecule has 7 heteroatoms. The number of nitrogens with zero attached hydrogens (tertiary/aromatic N) is 2. The Morgan fingerprint density at radius 3 is 2.75 bits per heavy atom. The third-order valence-corrected chi connectivity index (χ3v) is 3.36. The number of rotatable bonds is 5. The van der Waals surface area contributed by atoms with Gasteiger partial charge in [-0.1, -0.05) is 12.1 Å². The minimum Gasteiger partial charge on any atom is -0.480 e. The second-order valence-electron chi connectivity index (χ2n) is 4.64. The van der Waals surface area contributed by atoms with E-state index < -0.39 is 16.9 Å². The number of hydrogen-bond acceptors (Lipinski definition) is 5. The Balaban J connectivity index is 1.93. The highest BCUT2D eigenvalue weighted by Crippen LogP contribution is 2.14. The van der Waals surface area contributed by atoms with Gasteiger partial charge in [0, 0.05) is 25.2 Å². The fourth-order valence-corrected chi connectivity index (χ4v) is 2.19. The molecule has 1 aromatic carbocycles. The van der Waals surface area contributed by atoms with Crippen molar-refractivity contribution in [2.45, 2.75) is 12.5 Å². The van der Waals surface area contributed by atoms with Gasteiger partial charge in [-0.25, -0.2) is 0 Å². The molecule has 108 valence electrons. The first-order chi connectivity index (χ1) is 9.58. The van der Waals surface area contributed by atoms with E-state index in [9.17, 15) is 14.9 Å². The predicted molar refractivity (Wildman–Crippen MR) is 70.6 cm³/mol. The fourth-order valence-electron chi connectivity index (χ4n) is 2.19. The van der Waals surface area contributed by atoms with Gasteiger partial charge in [-0.05, 0) is 12.0 Å². The highest BCUT2D eigenvalue weighted by molar-refractivity contribution is 5.73. The van der Waals surface area contributed by atoms with Gasteiger partial charge in [-0.3, -0.25) is 19.8 Å². The van der Waals surface area contributed by atoms with Gasteiger partial charge < -0.3 is 9.84 Å². The second kappa shape index (κ2) is 6.44. The molecule has 1 aromatic rings. The normalized spacial score (nSPS) is 19.7. The van der Waals surface area contributed by atoms with Crippen LogP contribution >= 0.6 is 0 Å². The number of nitro benzene ring substituents is 1. The molecule has 0 amide bonds. The third-order valence-electron chi connectivity index (χ3n) is 3.36. The lowest BCUT2D eigenvalue weighted by molar-refractivity contribution is -0.384. The lowest BCUT2D eigenvalue weighted by Crippen LogP contribution is -2.50. The van der Waals surface area contributed by atoms with E-state index >= 15 is 0 Å². The molecule has 0 saturated carbocycles. The van der Waals surface area contributed by atoms with Crippen molar-refractivity contribution in [2.75, 3.05) is 26.3 Å². The van der Waals surface area contributed by atoms with Gasteiger partial charge in [0.05, 0.1) is 18.1 Å².